The van der Waals surface area contributed by atoms with Gasteiger partial charge >= 0.3 is 11.9 Å². The minimum Gasteiger partial charge on any atom is -0.493 e. The van der Waals surface area contributed by atoms with Gasteiger partial charge in [-0.1, -0.05) is 26.8 Å². The summed E-state index contributed by atoms with van der Waals surface area (Å²) in [7, 11) is 1.39. The molecule has 1 heterocycles. The Labute approximate surface area is 204 Å². The molecule has 0 aliphatic heterocycles. The van der Waals surface area contributed by atoms with Crippen molar-refractivity contribution >= 4 is 17.8 Å². The number of halogens is 1. The van der Waals surface area contributed by atoms with E-state index in [9.17, 15) is 18.8 Å². The molecular formula is C26H31FN2O6. The van der Waals surface area contributed by atoms with Crippen LogP contribution in [0.4, 0.5) is 4.39 Å². The highest BCUT2D eigenvalue weighted by Gasteiger charge is 2.34. The van der Waals surface area contributed by atoms with Crippen molar-refractivity contribution in [2.75, 3.05) is 7.11 Å². The fraction of sp³-hybridized carbons (Fsp3) is 0.462. The highest BCUT2D eigenvalue weighted by atomic mass is 19.1. The summed E-state index contributed by atoms with van der Waals surface area (Å²) in [5, 5.41) is 2.55. The lowest BCUT2D eigenvalue weighted by molar-refractivity contribution is -0.151. The second kappa shape index (κ2) is 11.3. The third-order valence-corrected chi connectivity index (χ3v) is 6.37. The fourth-order valence-corrected chi connectivity index (χ4v) is 4.17. The minimum absolute atomic E-state index is 0.103. The van der Waals surface area contributed by atoms with Gasteiger partial charge in [0.1, 0.15) is 18.0 Å². The molecule has 1 amide bonds. The van der Waals surface area contributed by atoms with Crippen molar-refractivity contribution in [2.45, 2.75) is 65.0 Å². The maximum Gasteiger partial charge on any atom is 0.328 e. The van der Waals surface area contributed by atoms with Crippen LogP contribution in [0.2, 0.25) is 0 Å². The van der Waals surface area contributed by atoms with Crippen molar-refractivity contribution < 1.29 is 33.0 Å². The van der Waals surface area contributed by atoms with Gasteiger partial charge in [0.15, 0.2) is 11.4 Å². The Kier molecular flexibility index (Phi) is 8.43. The molecule has 8 nitrogen and oxygen atoms in total. The summed E-state index contributed by atoms with van der Waals surface area (Å²) in [6, 6.07) is 5.01. The topological polar surface area (TPSA) is 104 Å². The van der Waals surface area contributed by atoms with Crippen LogP contribution in [0.5, 0.6) is 11.5 Å². The van der Waals surface area contributed by atoms with Crippen LogP contribution in [-0.2, 0) is 20.7 Å². The lowest BCUT2D eigenvalue weighted by atomic mass is 10.0. The van der Waals surface area contributed by atoms with E-state index in [0.717, 1.165) is 11.1 Å². The Morgan fingerprint density at radius 2 is 1.89 bits per heavy atom. The first-order valence-electron chi connectivity index (χ1n) is 11.7. The van der Waals surface area contributed by atoms with Gasteiger partial charge in [-0.25, -0.2) is 14.2 Å². The molecule has 0 saturated carbocycles. The van der Waals surface area contributed by atoms with Crippen molar-refractivity contribution in [1.29, 1.82) is 0 Å². The largest absolute Gasteiger partial charge is 0.493 e. The number of hydrogen-bond donors (Lipinski definition) is 1. The number of ether oxygens (including phenoxy) is 3. The van der Waals surface area contributed by atoms with Crippen LogP contribution in [0.3, 0.4) is 0 Å². The maximum absolute atomic E-state index is 13.6. The second-order valence-electron chi connectivity index (χ2n) is 8.63. The second-order valence-corrected chi connectivity index (χ2v) is 8.63. The molecule has 188 valence electrons. The van der Waals surface area contributed by atoms with Gasteiger partial charge < -0.3 is 19.5 Å². The van der Waals surface area contributed by atoms with Crippen molar-refractivity contribution in [3.8, 4) is 11.5 Å². The summed E-state index contributed by atoms with van der Waals surface area (Å²) >= 11 is 0. The van der Waals surface area contributed by atoms with Crippen molar-refractivity contribution in [3.05, 3.63) is 53.1 Å². The normalized spacial score (nSPS) is 17.5. The first kappa shape index (κ1) is 26.1. The molecule has 0 bridgehead atoms. The highest BCUT2D eigenvalue weighted by Crippen LogP contribution is 2.35. The van der Waals surface area contributed by atoms with Gasteiger partial charge in [-0.05, 0) is 43.0 Å². The molecule has 0 radical (unpaired) electrons. The summed E-state index contributed by atoms with van der Waals surface area (Å²) < 4.78 is 30.0. The van der Waals surface area contributed by atoms with E-state index in [1.54, 1.807) is 6.07 Å². The van der Waals surface area contributed by atoms with Crippen LogP contribution >= 0.6 is 0 Å². The Balaban J connectivity index is 1.70. The molecule has 0 spiro atoms. The molecule has 3 rings (SSSR count). The van der Waals surface area contributed by atoms with E-state index >= 15 is 0 Å². The molecule has 0 fully saturated rings. The molecule has 2 aromatic rings. The van der Waals surface area contributed by atoms with E-state index in [1.165, 1.54) is 38.4 Å². The molecule has 35 heavy (non-hydrogen) atoms. The first-order valence-corrected chi connectivity index (χ1v) is 11.7. The van der Waals surface area contributed by atoms with Crippen molar-refractivity contribution in [2.24, 2.45) is 5.92 Å². The standard InChI is InChI=1S/C26H31FN2O6/c1-6-16(7-2)26(32)35-23-20(33-5)10-11-28-22(23)24(30)29-15(4)25(31)34-21-13-17-12-18(27)8-9-19(17)14(21)3/h8-12,14-16,21H,6-7,13H2,1-5H3,(H,29,30)/t14?,15-,21?/m0/s1. The summed E-state index contributed by atoms with van der Waals surface area (Å²) in [6.45, 7) is 7.14. The van der Waals surface area contributed by atoms with Gasteiger partial charge in [0, 0.05) is 24.6 Å². The summed E-state index contributed by atoms with van der Waals surface area (Å²) in [5.41, 5.74) is 1.56. The Hall–Kier alpha value is -3.49. The number of amides is 1. The minimum atomic E-state index is -1.01. The number of carbonyl (C=O) groups is 3. The monoisotopic (exact) mass is 486 g/mol. The molecule has 1 aliphatic rings. The van der Waals surface area contributed by atoms with Crippen molar-refractivity contribution in [3.63, 3.8) is 0 Å². The number of esters is 2. The number of nitrogens with zero attached hydrogens (tertiary/aromatic N) is 1. The van der Waals surface area contributed by atoms with Crippen molar-refractivity contribution in [1.82, 2.24) is 10.3 Å². The zero-order valence-corrected chi connectivity index (χ0v) is 20.6. The van der Waals surface area contributed by atoms with E-state index < -0.39 is 30.0 Å². The number of aromatic nitrogens is 1. The molecule has 0 saturated heterocycles. The molecule has 3 atom stereocenters. The number of methoxy groups -OCH3 is 1. The van der Waals surface area contributed by atoms with Gasteiger partial charge in [-0.3, -0.25) is 9.59 Å². The van der Waals surface area contributed by atoms with E-state index in [-0.39, 0.29) is 34.8 Å². The number of carbonyl (C=O) groups excluding carboxylic acids is 3. The fourth-order valence-electron chi connectivity index (χ4n) is 4.17. The van der Waals surface area contributed by atoms with E-state index in [2.05, 4.69) is 10.3 Å². The van der Waals surface area contributed by atoms with Crippen LogP contribution in [0.1, 0.15) is 68.1 Å². The molecule has 2 unspecified atom stereocenters. The lowest BCUT2D eigenvalue weighted by Gasteiger charge is -2.21. The average Bonchev–Trinajstić information content (AvgIpc) is 3.13. The van der Waals surface area contributed by atoms with Gasteiger partial charge in [0.05, 0.1) is 13.0 Å². The van der Waals surface area contributed by atoms with Gasteiger partial charge in [0.25, 0.3) is 5.91 Å². The van der Waals surface area contributed by atoms with Crippen LogP contribution in [0.15, 0.2) is 30.5 Å². The van der Waals surface area contributed by atoms with E-state index in [1.807, 2.05) is 20.8 Å². The molecule has 1 aromatic heterocycles. The molecular weight excluding hydrogens is 455 g/mol. The van der Waals surface area contributed by atoms with Crippen LogP contribution < -0.4 is 14.8 Å². The number of fused-ring (bicyclic) bond motifs is 1. The zero-order valence-electron chi connectivity index (χ0n) is 20.6. The number of pyridine rings is 1. The lowest BCUT2D eigenvalue weighted by Crippen LogP contribution is -2.41. The number of benzene rings is 1. The third-order valence-electron chi connectivity index (χ3n) is 6.37. The quantitative estimate of drug-likeness (QED) is 0.535. The van der Waals surface area contributed by atoms with Crippen LogP contribution in [-0.4, -0.2) is 42.1 Å². The van der Waals surface area contributed by atoms with E-state index in [4.69, 9.17) is 14.2 Å². The predicted octanol–water partition coefficient (Wildman–Crippen LogP) is 3.96. The zero-order chi connectivity index (χ0) is 25.7. The van der Waals surface area contributed by atoms with Crippen LogP contribution in [0.25, 0.3) is 0 Å². The predicted molar refractivity (Wildman–Crippen MR) is 126 cm³/mol. The third kappa shape index (κ3) is 5.78. The molecule has 9 heteroatoms. The average molecular weight is 487 g/mol. The Bertz CT molecular complexity index is 1100. The first-order chi connectivity index (χ1) is 16.7. The summed E-state index contributed by atoms with van der Waals surface area (Å²) in [4.78, 5) is 42.3. The van der Waals surface area contributed by atoms with Crippen LogP contribution in [0, 0.1) is 11.7 Å². The summed E-state index contributed by atoms with van der Waals surface area (Å²) in [6.07, 6.45) is 2.44. The highest BCUT2D eigenvalue weighted by molar-refractivity contribution is 5.98. The Morgan fingerprint density at radius 3 is 2.54 bits per heavy atom. The number of hydrogen-bond acceptors (Lipinski definition) is 7. The molecule has 1 N–H and O–H groups in total. The molecule has 1 aromatic carbocycles. The van der Waals surface area contributed by atoms with E-state index in [0.29, 0.717) is 19.3 Å². The van der Waals surface area contributed by atoms with Gasteiger partial charge in [-0.15, -0.1) is 0 Å². The summed E-state index contributed by atoms with van der Waals surface area (Å²) in [5.74, 6) is -2.56. The number of rotatable bonds is 9. The molecule has 1 aliphatic carbocycles. The maximum atomic E-state index is 13.6. The van der Waals surface area contributed by atoms with Gasteiger partial charge in [-0.2, -0.15) is 0 Å². The smallest absolute Gasteiger partial charge is 0.328 e. The Morgan fingerprint density at radius 1 is 1.17 bits per heavy atom. The number of nitrogens with one attached hydrogen (secondary N) is 1. The van der Waals surface area contributed by atoms with Gasteiger partial charge in [0.2, 0.25) is 5.75 Å². The SMILES string of the molecule is CCC(CC)C(=O)Oc1c(OC)ccnc1C(=O)N[C@@H](C)C(=O)OC1Cc2cc(F)ccc2C1C.